The molecule has 2 heterocycles. The molecule has 1 aliphatic heterocycles. The first-order valence-electron chi connectivity index (χ1n) is 9.84. The summed E-state index contributed by atoms with van der Waals surface area (Å²) in [6.45, 7) is 4.07. The monoisotopic (exact) mass is 397 g/mol. The molecule has 0 radical (unpaired) electrons. The Bertz CT molecular complexity index is 1230. The average Bonchev–Trinajstić information content (AvgIpc) is 3.29. The third-order valence-corrected chi connectivity index (χ3v) is 5.59. The fourth-order valence-corrected chi connectivity index (χ4v) is 4.01. The lowest BCUT2D eigenvalue weighted by atomic mass is 9.95. The van der Waals surface area contributed by atoms with E-state index in [4.69, 9.17) is 0 Å². The molecule has 30 heavy (non-hydrogen) atoms. The second-order valence-electron chi connectivity index (χ2n) is 7.69. The number of nitrogens with one attached hydrogen (secondary N) is 1. The van der Waals surface area contributed by atoms with E-state index in [1.54, 1.807) is 17.0 Å². The van der Waals surface area contributed by atoms with Crippen LogP contribution in [-0.4, -0.2) is 16.1 Å². The number of hydrogen-bond acceptors (Lipinski definition) is 2. The summed E-state index contributed by atoms with van der Waals surface area (Å²) in [7, 11) is 0. The van der Waals surface area contributed by atoms with Gasteiger partial charge in [-0.1, -0.05) is 59.7 Å². The van der Waals surface area contributed by atoms with Crippen molar-refractivity contribution >= 4 is 11.6 Å². The van der Waals surface area contributed by atoms with Crippen molar-refractivity contribution in [3.63, 3.8) is 0 Å². The van der Waals surface area contributed by atoms with Crippen LogP contribution in [0.15, 0.2) is 72.8 Å². The fraction of sp³-hybridized carbons (Fsp3) is 0.120. The number of aromatic nitrogens is 2. The Kier molecular flexibility index (Phi) is 4.24. The first kappa shape index (κ1) is 18.3. The van der Waals surface area contributed by atoms with Gasteiger partial charge in [-0.2, -0.15) is 5.10 Å². The molecule has 5 rings (SSSR count). The van der Waals surface area contributed by atoms with Crippen LogP contribution in [0.5, 0.6) is 0 Å². The number of anilines is 1. The first-order chi connectivity index (χ1) is 14.5. The van der Waals surface area contributed by atoms with E-state index in [0.29, 0.717) is 11.4 Å². The van der Waals surface area contributed by atoms with E-state index in [-0.39, 0.29) is 17.8 Å². The number of benzene rings is 3. The Hall–Kier alpha value is -3.73. The van der Waals surface area contributed by atoms with Crippen LogP contribution in [0.2, 0.25) is 0 Å². The number of halogens is 1. The van der Waals surface area contributed by atoms with Gasteiger partial charge in [0.2, 0.25) is 0 Å². The van der Waals surface area contributed by atoms with E-state index >= 15 is 0 Å². The van der Waals surface area contributed by atoms with E-state index in [2.05, 4.69) is 10.2 Å². The third-order valence-electron chi connectivity index (χ3n) is 5.59. The maximum Gasteiger partial charge on any atom is 0.277 e. The molecule has 3 aromatic carbocycles. The molecule has 5 heteroatoms. The lowest BCUT2D eigenvalue weighted by molar-refractivity contribution is 0.0988. The molecule has 1 aliphatic rings. The van der Waals surface area contributed by atoms with Crippen molar-refractivity contribution in [3.05, 3.63) is 107 Å². The van der Waals surface area contributed by atoms with Crippen molar-refractivity contribution in [2.75, 3.05) is 4.90 Å². The maximum atomic E-state index is 13.5. The third kappa shape index (κ3) is 2.90. The Morgan fingerprint density at radius 3 is 2.10 bits per heavy atom. The van der Waals surface area contributed by atoms with E-state index < -0.39 is 0 Å². The molecule has 0 spiro atoms. The van der Waals surface area contributed by atoms with Crippen LogP contribution in [0.4, 0.5) is 10.1 Å². The predicted octanol–water partition coefficient (Wildman–Crippen LogP) is 5.58. The highest BCUT2D eigenvalue weighted by Gasteiger charge is 2.43. The van der Waals surface area contributed by atoms with Gasteiger partial charge in [0, 0.05) is 16.8 Å². The number of fused-ring (bicyclic) bond motifs is 1. The molecule has 1 amide bonds. The summed E-state index contributed by atoms with van der Waals surface area (Å²) in [5.41, 5.74) is 6.95. The van der Waals surface area contributed by atoms with Gasteiger partial charge in [-0.15, -0.1) is 0 Å². The normalized spacial score (nSPS) is 15.5. The van der Waals surface area contributed by atoms with Crippen LogP contribution >= 0.6 is 0 Å². The molecule has 0 saturated carbocycles. The van der Waals surface area contributed by atoms with Crippen molar-refractivity contribution < 1.29 is 9.18 Å². The summed E-state index contributed by atoms with van der Waals surface area (Å²) >= 11 is 0. The molecule has 0 fully saturated rings. The van der Waals surface area contributed by atoms with Crippen LogP contribution in [0.25, 0.3) is 11.3 Å². The largest absolute Gasteiger partial charge is 0.295 e. The molecule has 1 aromatic heterocycles. The summed E-state index contributed by atoms with van der Waals surface area (Å²) < 4.78 is 13.5. The van der Waals surface area contributed by atoms with Gasteiger partial charge in [-0.3, -0.25) is 14.8 Å². The van der Waals surface area contributed by atoms with Crippen LogP contribution in [0, 0.1) is 19.7 Å². The molecular formula is C25H20FN3O. The van der Waals surface area contributed by atoms with Crippen molar-refractivity contribution in [2.24, 2.45) is 0 Å². The molecule has 0 unspecified atom stereocenters. The zero-order valence-corrected chi connectivity index (χ0v) is 16.7. The van der Waals surface area contributed by atoms with Gasteiger partial charge < -0.3 is 0 Å². The number of carbonyl (C=O) groups excluding carboxylic acids is 1. The van der Waals surface area contributed by atoms with Gasteiger partial charge >= 0.3 is 0 Å². The topological polar surface area (TPSA) is 49.0 Å². The predicted molar refractivity (Wildman–Crippen MR) is 115 cm³/mol. The fourth-order valence-electron chi connectivity index (χ4n) is 4.01. The molecule has 4 aromatic rings. The molecule has 0 bridgehead atoms. The lowest BCUT2D eigenvalue weighted by Crippen LogP contribution is -2.29. The summed E-state index contributed by atoms with van der Waals surface area (Å²) in [4.78, 5) is 15.1. The molecule has 1 N–H and O–H groups in total. The van der Waals surface area contributed by atoms with Crippen molar-refractivity contribution in [3.8, 4) is 11.3 Å². The van der Waals surface area contributed by atoms with E-state index in [1.807, 2.05) is 62.4 Å². The van der Waals surface area contributed by atoms with Crippen molar-refractivity contribution in [1.29, 1.82) is 0 Å². The Morgan fingerprint density at radius 2 is 1.47 bits per heavy atom. The van der Waals surface area contributed by atoms with Gasteiger partial charge in [0.15, 0.2) is 0 Å². The molecule has 148 valence electrons. The molecule has 0 aliphatic carbocycles. The Balaban J connectivity index is 1.71. The summed E-state index contributed by atoms with van der Waals surface area (Å²) in [5, 5.41) is 7.45. The number of H-pyrrole nitrogens is 1. The lowest BCUT2D eigenvalue weighted by Gasteiger charge is -2.26. The minimum absolute atomic E-state index is 0.173. The minimum Gasteiger partial charge on any atom is -0.295 e. The van der Waals surface area contributed by atoms with Crippen LogP contribution in [0.1, 0.15) is 38.8 Å². The van der Waals surface area contributed by atoms with E-state index in [0.717, 1.165) is 33.5 Å². The van der Waals surface area contributed by atoms with Gasteiger partial charge in [0.1, 0.15) is 11.5 Å². The number of rotatable bonds is 3. The van der Waals surface area contributed by atoms with Gasteiger partial charge in [-0.05, 0) is 43.7 Å². The smallest absolute Gasteiger partial charge is 0.277 e. The standard InChI is InChI=1S/C25H20FN3O/c1-15-3-7-17(8-4-15)22-21-23(28-27-22)25(30)29(20-13-11-19(26)12-14-20)24(21)18-9-5-16(2)6-10-18/h3-14,24H,1-2H3,(H,27,28)/t24-/m1/s1. The quantitative estimate of drug-likeness (QED) is 0.490. The minimum atomic E-state index is -0.353. The highest BCUT2D eigenvalue weighted by Crippen LogP contribution is 2.45. The summed E-state index contributed by atoms with van der Waals surface area (Å²) in [6, 6.07) is 21.9. The van der Waals surface area contributed by atoms with Gasteiger partial charge in [0.05, 0.1) is 11.7 Å². The maximum absolute atomic E-state index is 13.5. The molecular weight excluding hydrogens is 377 g/mol. The number of nitrogens with zero attached hydrogens (tertiary/aromatic N) is 2. The number of carbonyl (C=O) groups is 1. The Labute approximate surface area is 174 Å². The highest BCUT2D eigenvalue weighted by molar-refractivity contribution is 6.11. The van der Waals surface area contributed by atoms with Crippen molar-refractivity contribution in [1.82, 2.24) is 10.2 Å². The molecule has 4 nitrogen and oxygen atoms in total. The van der Waals surface area contributed by atoms with Crippen LogP contribution in [-0.2, 0) is 0 Å². The number of amides is 1. The summed E-state index contributed by atoms with van der Waals surface area (Å²) in [5.74, 6) is -0.508. The highest BCUT2D eigenvalue weighted by atomic mass is 19.1. The zero-order chi connectivity index (χ0) is 20.8. The SMILES string of the molecule is Cc1ccc(-c2n[nH]c3c2[C@@H](c2ccc(C)cc2)N(c2ccc(F)cc2)C3=O)cc1. The average molecular weight is 397 g/mol. The van der Waals surface area contributed by atoms with Gasteiger partial charge in [-0.25, -0.2) is 4.39 Å². The Morgan fingerprint density at radius 1 is 0.867 bits per heavy atom. The number of hydrogen-bond donors (Lipinski definition) is 1. The molecule has 1 atom stereocenters. The van der Waals surface area contributed by atoms with E-state index in [9.17, 15) is 9.18 Å². The van der Waals surface area contributed by atoms with Crippen LogP contribution in [0.3, 0.4) is 0 Å². The number of aromatic amines is 1. The first-order valence-corrected chi connectivity index (χ1v) is 9.84. The molecule has 0 saturated heterocycles. The second kappa shape index (κ2) is 6.95. The van der Waals surface area contributed by atoms with Crippen molar-refractivity contribution in [2.45, 2.75) is 19.9 Å². The number of aryl methyl sites for hydroxylation is 2. The van der Waals surface area contributed by atoms with E-state index in [1.165, 1.54) is 12.1 Å². The zero-order valence-electron chi connectivity index (χ0n) is 16.7. The summed E-state index contributed by atoms with van der Waals surface area (Å²) in [6.07, 6.45) is 0. The second-order valence-corrected chi connectivity index (χ2v) is 7.69. The van der Waals surface area contributed by atoms with Crippen LogP contribution < -0.4 is 4.90 Å². The van der Waals surface area contributed by atoms with Gasteiger partial charge in [0.25, 0.3) is 5.91 Å².